The van der Waals surface area contributed by atoms with E-state index in [4.69, 9.17) is 9.47 Å². The maximum atomic E-state index is 6.00. The maximum absolute atomic E-state index is 6.00. The summed E-state index contributed by atoms with van der Waals surface area (Å²) < 4.78 is 11.8. The van der Waals surface area contributed by atoms with Gasteiger partial charge >= 0.3 is 0 Å². The second kappa shape index (κ2) is 7.61. The molecule has 1 saturated heterocycles. The lowest BCUT2D eigenvalue weighted by Crippen LogP contribution is -2.72. The standard InChI is InChI=1S/C19H35N3O2/c1-5-23-15(13(2)3)7-11-21-18(20-4)22-16-14-8-12-24-17(14)19(16)9-6-10-19/h13-17H,5-12H2,1-4H3,(H2,20,21,22). The number of nitrogens with one attached hydrogen (secondary N) is 2. The Morgan fingerprint density at radius 1 is 1.38 bits per heavy atom. The van der Waals surface area contributed by atoms with Crippen LogP contribution in [0.4, 0.5) is 0 Å². The molecule has 1 aliphatic heterocycles. The first-order valence-corrected chi connectivity index (χ1v) is 9.82. The number of hydrogen-bond acceptors (Lipinski definition) is 3. The summed E-state index contributed by atoms with van der Waals surface area (Å²) in [5, 5.41) is 7.22. The van der Waals surface area contributed by atoms with Crippen LogP contribution in [0.3, 0.4) is 0 Å². The highest BCUT2D eigenvalue weighted by atomic mass is 16.5. The average Bonchev–Trinajstić information content (AvgIpc) is 2.93. The van der Waals surface area contributed by atoms with E-state index >= 15 is 0 Å². The van der Waals surface area contributed by atoms with Gasteiger partial charge in [-0.05, 0) is 38.5 Å². The Kier molecular flexibility index (Phi) is 5.70. The predicted octanol–water partition coefficient (Wildman–Crippen LogP) is 2.56. The van der Waals surface area contributed by atoms with Gasteiger partial charge in [0.1, 0.15) is 0 Å². The Morgan fingerprint density at radius 2 is 2.17 bits per heavy atom. The molecule has 2 saturated carbocycles. The van der Waals surface area contributed by atoms with Crippen LogP contribution in [0, 0.1) is 17.3 Å². The van der Waals surface area contributed by atoms with E-state index in [1.807, 2.05) is 7.05 Å². The summed E-state index contributed by atoms with van der Waals surface area (Å²) in [6, 6.07) is 0.540. The minimum atomic E-state index is 0.315. The van der Waals surface area contributed by atoms with Crippen LogP contribution < -0.4 is 10.6 Å². The van der Waals surface area contributed by atoms with Crippen molar-refractivity contribution in [3.8, 4) is 0 Å². The number of fused-ring (bicyclic) bond motifs is 2. The van der Waals surface area contributed by atoms with Crippen LogP contribution in [0.5, 0.6) is 0 Å². The largest absolute Gasteiger partial charge is 0.378 e. The lowest BCUT2D eigenvalue weighted by atomic mass is 9.46. The summed E-state index contributed by atoms with van der Waals surface area (Å²) in [7, 11) is 1.87. The topological polar surface area (TPSA) is 54.9 Å². The summed E-state index contributed by atoms with van der Waals surface area (Å²) >= 11 is 0. The molecule has 1 spiro atoms. The molecule has 2 aliphatic carbocycles. The molecule has 0 radical (unpaired) electrons. The van der Waals surface area contributed by atoms with Gasteiger partial charge in [-0.1, -0.05) is 20.3 Å². The highest BCUT2D eigenvalue weighted by Crippen LogP contribution is 2.62. The van der Waals surface area contributed by atoms with E-state index in [0.717, 1.165) is 32.1 Å². The minimum absolute atomic E-state index is 0.315. The van der Waals surface area contributed by atoms with Gasteiger partial charge in [0.15, 0.2) is 5.96 Å². The van der Waals surface area contributed by atoms with Crippen LogP contribution in [0.15, 0.2) is 4.99 Å². The van der Waals surface area contributed by atoms with Gasteiger partial charge in [-0.15, -0.1) is 0 Å². The lowest BCUT2D eigenvalue weighted by Gasteiger charge is -2.63. The number of nitrogens with zero attached hydrogens (tertiary/aromatic N) is 1. The maximum Gasteiger partial charge on any atom is 0.191 e. The van der Waals surface area contributed by atoms with Crippen molar-refractivity contribution in [2.45, 2.75) is 71.1 Å². The van der Waals surface area contributed by atoms with Gasteiger partial charge in [-0.2, -0.15) is 0 Å². The van der Waals surface area contributed by atoms with Crippen LogP contribution in [0.1, 0.15) is 52.9 Å². The van der Waals surface area contributed by atoms with Crippen molar-refractivity contribution >= 4 is 5.96 Å². The van der Waals surface area contributed by atoms with Crippen molar-refractivity contribution in [3.63, 3.8) is 0 Å². The highest BCUT2D eigenvalue weighted by molar-refractivity contribution is 5.80. The van der Waals surface area contributed by atoms with Crippen molar-refractivity contribution in [1.82, 2.24) is 10.6 Å². The van der Waals surface area contributed by atoms with Crippen LogP contribution in [0.2, 0.25) is 0 Å². The summed E-state index contributed by atoms with van der Waals surface area (Å²) in [5.74, 6) is 2.16. The van der Waals surface area contributed by atoms with Crippen LogP contribution in [0.25, 0.3) is 0 Å². The predicted molar refractivity (Wildman–Crippen MR) is 97.3 cm³/mol. The molecule has 1 heterocycles. The summed E-state index contributed by atoms with van der Waals surface area (Å²) in [4.78, 5) is 4.45. The number of guanidine groups is 1. The third-order valence-electron chi connectivity index (χ3n) is 6.40. The quantitative estimate of drug-likeness (QED) is 0.554. The Morgan fingerprint density at radius 3 is 2.75 bits per heavy atom. The molecule has 4 unspecified atom stereocenters. The van der Waals surface area contributed by atoms with E-state index in [9.17, 15) is 0 Å². The molecule has 0 aromatic heterocycles. The molecule has 2 N–H and O–H groups in total. The summed E-state index contributed by atoms with van der Waals surface area (Å²) in [5.41, 5.74) is 0.393. The van der Waals surface area contributed by atoms with E-state index in [0.29, 0.717) is 35.5 Å². The second-order valence-corrected chi connectivity index (χ2v) is 7.98. The van der Waals surface area contributed by atoms with Gasteiger partial charge in [0.2, 0.25) is 0 Å². The first kappa shape index (κ1) is 18.0. The van der Waals surface area contributed by atoms with Crippen molar-refractivity contribution in [1.29, 1.82) is 0 Å². The zero-order chi connectivity index (χ0) is 17.2. The molecule has 3 aliphatic rings. The molecule has 5 heteroatoms. The van der Waals surface area contributed by atoms with Crippen LogP contribution in [-0.2, 0) is 9.47 Å². The summed E-state index contributed by atoms with van der Waals surface area (Å²) in [6.45, 7) is 9.13. The Labute approximate surface area is 147 Å². The van der Waals surface area contributed by atoms with Gasteiger partial charge in [0.25, 0.3) is 0 Å². The average molecular weight is 338 g/mol. The first-order valence-electron chi connectivity index (χ1n) is 9.82. The van der Waals surface area contributed by atoms with Gasteiger partial charge < -0.3 is 20.1 Å². The Bertz CT molecular complexity index is 448. The minimum Gasteiger partial charge on any atom is -0.378 e. The zero-order valence-electron chi connectivity index (χ0n) is 15.8. The first-order chi connectivity index (χ1) is 11.6. The van der Waals surface area contributed by atoms with Crippen molar-refractivity contribution < 1.29 is 9.47 Å². The molecule has 0 amide bonds. The van der Waals surface area contributed by atoms with Crippen molar-refractivity contribution in [3.05, 3.63) is 0 Å². The van der Waals surface area contributed by atoms with E-state index in [-0.39, 0.29) is 0 Å². The number of aliphatic imine (C=N–C) groups is 1. The smallest absolute Gasteiger partial charge is 0.191 e. The van der Waals surface area contributed by atoms with Gasteiger partial charge in [-0.3, -0.25) is 4.99 Å². The number of ether oxygens (including phenoxy) is 2. The fourth-order valence-electron chi connectivity index (χ4n) is 4.95. The zero-order valence-corrected chi connectivity index (χ0v) is 15.8. The molecule has 24 heavy (non-hydrogen) atoms. The van der Waals surface area contributed by atoms with Gasteiger partial charge in [-0.25, -0.2) is 0 Å². The lowest BCUT2D eigenvalue weighted by molar-refractivity contribution is -0.171. The fourth-order valence-corrected chi connectivity index (χ4v) is 4.95. The molecule has 0 bridgehead atoms. The molecular formula is C19H35N3O2. The fraction of sp³-hybridized carbons (Fsp3) is 0.947. The monoisotopic (exact) mass is 337 g/mol. The molecule has 138 valence electrons. The molecule has 4 atom stereocenters. The summed E-state index contributed by atoms with van der Waals surface area (Å²) in [6.07, 6.45) is 6.99. The van der Waals surface area contributed by atoms with Crippen molar-refractivity contribution in [2.75, 3.05) is 26.8 Å². The van der Waals surface area contributed by atoms with Gasteiger partial charge in [0.05, 0.1) is 12.2 Å². The Hall–Kier alpha value is -0.810. The normalized spacial score (nSPS) is 32.2. The van der Waals surface area contributed by atoms with Crippen molar-refractivity contribution in [2.24, 2.45) is 22.2 Å². The highest BCUT2D eigenvalue weighted by Gasteiger charge is 2.66. The Balaban J connectivity index is 1.49. The molecule has 3 fully saturated rings. The number of hydrogen-bond donors (Lipinski definition) is 2. The van der Waals surface area contributed by atoms with E-state index < -0.39 is 0 Å². The molecule has 3 rings (SSSR count). The van der Waals surface area contributed by atoms with E-state index in [1.54, 1.807) is 0 Å². The van der Waals surface area contributed by atoms with Gasteiger partial charge in [0, 0.05) is 44.2 Å². The van der Waals surface area contributed by atoms with E-state index in [1.165, 1.54) is 25.7 Å². The number of rotatable bonds is 7. The SMILES string of the molecule is CCOC(CCNC(=NC)NC1C2CCOC2C12CCC2)C(C)C. The van der Waals surface area contributed by atoms with Crippen LogP contribution >= 0.6 is 0 Å². The third-order valence-corrected chi connectivity index (χ3v) is 6.40. The second-order valence-electron chi connectivity index (χ2n) is 7.98. The molecule has 5 nitrogen and oxygen atoms in total. The molecular weight excluding hydrogens is 302 g/mol. The van der Waals surface area contributed by atoms with E-state index in [2.05, 4.69) is 36.4 Å². The van der Waals surface area contributed by atoms with Crippen LogP contribution in [-0.4, -0.2) is 51.0 Å². The third kappa shape index (κ3) is 3.17. The molecule has 0 aromatic carbocycles. The molecule has 0 aromatic rings.